The van der Waals surface area contributed by atoms with Crippen molar-refractivity contribution in [1.29, 1.82) is 0 Å². The van der Waals surface area contributed by atoms with Crippen LogP contribution in [-0.2, 0) is 11.2 Å². The molecule has 2 aliphatic heterocycles. The van der Waals surface area contributed by atoms with Crippen LogP contribution in [0, 0.1) is 11.7 Å². The summed E-state index contributed by atoms with van der Waals surface area (Å²) in [6.07, 6.45) is -0.141. The largest absolute Gasteiger partial charge is 0.444 e. The van der Waals surface area contributed by atoms with Gasteiger partial charge in [0.15, 0.2) is 5.11 Å². The predicted octanol–water partition coefficient (Wildman–Crippen LogP) is 3.88. The number of likely N-dealkylation sites (tertiary alicyclic amines) is 1. The molecule has 2 aromatic carbocycles. The summed E-state index contributed by atoms with van der Waals surface area (Å²) in [6.45, 7) is 7.43. The summed E-state index contributed by atoms with van der Waals surface area (Å²) in [5, 5.41) is 14.4. The molecule has 4 rings (SSSR count). The first-order valence-corrected chi connectivity index (χ1v) is 12.1. The first kappa shape index (κ1) is 24.4. The Balaban J connectivity index is 1.38. The number of aliphatic hydroxyl groups is 1. The molecular weight excluding hydrogens is 453 g/mol. The summed E-state index contributed by atoms with van der Waals surface area (Å²) in [5.74, 6) is -0.304. The van der Waals surface area contributed by atoms with Crippen molar-refractivity contribution in [2.75, 3.05) is 26.2 Å². The summed E-state index contributed by atoms with van der Waals surface area (Å²) in [6, 6.07) is 14.7. The Morgan fingerprint density at radius 2 is 1.88 bits per heavy atom. The normalized spacial score (nSPS) is 19.1. The fourth-order valence-corrected chi connectivity index (χ4v) is 4.76. The molecule has 2 atom stereocenters. The first-order chi connectivity index (χ1) is 16.1. The fourth-order valence-electron chi connectivity index (χ4n) is 4.48. The van der Waals surface area contributed by atoms with Crippen LogP contribution in [-0.4, -0.2) is 64.0 Å². The molecule has 2 N–H and O–H groups in total. The van der Waals surface area contributed by atoms with E-state index in [2.05, 4.69) is 22.3 Å². The van der Waals surface area contributed by atoms with Gasteiger partial charge in [-0.05, 0) is 68.2 Å². The summed E-state index contributed by atoms with van der Waals surface area (Å²) < 4.78 is 19.0. The van der Waals surface area contributed by atoms with Gasteiger partial charge in [-0.15, -0.1) is 0 Å². The van der Waals surface area contributed by atoms with Gasteiger partial charge in [0, 0.05) is 32.1 Å². The lowest BCUT2D eigenvalue weighted by Crippen LogP contribution is -2.57. The first-order valence-electron chi connectivity index (χ1n) is 11.7. The maximum atomic E-state index is 13.6. The molecule has 1 amide bonds. The highest BCUT2D eigenvalue weighted by Crippen LogP contribution is 2.35. The molecule has 2 heterocycles. The lowest BCUT2D eigenvalue weighted by atomic mass is 9.88. The van der Waals surface area contributed by atoms with Gasteiger partial charge >= 0.3 is 6.09 Å². The number of hydrogen-bond acceptors (Lipinski definition) is 4. The number of carbonyl (C=O) groups excluding carboxylic acids is 1. The van der Waals surface area contributed by atoms with Gasteiger partial charge in [-0.2, -0.15) is 0 Å². The van der Waals surface area contributed by atoms with Crippen molar-refractivity contribution in [3.05, 3.63) is 71.0 Å². The SMILES string of the molecule is CC(C)(C)OC(=O)N1CC(C(O)CNC(=S)N2CCc3ccccc3[C@@H]2c2ccc(F)cc2)C1. The molecule has 0 saturated carbocycles. The molecule has 0 spiro atoms. The standard InChI is InChI=1S/C26H32FN3O3S/c1-26(2,3)33-25(32)29-15-19(16-29)22(31)14-28-24(34)30-13-12-17-6-4-5-7-21(17)23(30)18-8-10-20(27)11-9-18/h4-11,19,22-23,31H,12-16H2,1-3H3,(H,28,34)/t22?,23-/m0/s1. The van der Waals surface area contributed by atoms with Crippen LogP contribution in [0.5, 0.6) is 0 Å². The zero-order valence-corrected chi connectivity index (χ0v) is 20.6. The average molecular weight is 486 g/mol. The average Bonchev–Trinajstić information content (AvgIpc) is 2.75. The van der Waals surface area contributed by atoms with Crippen molar-refractivity contribution in [1.82, 2.24) is 15.1 Å². The lowest BCUT2D eigenvalue weighted by Gasteiger charge is -2.43. The van der Waals surface area contributed by atoms with Crippen molar-refractivity contribution in [2.45, 2.75) is 44.9 Å². The number of benzene rings is 2. The minimum atomic E-state index is -0.641. The molecule has 0 aliphatic carbocycles. The predicted molar refractivity (Wildman–Crippen MR) is 133 cm³/mol. The number of carbonyl (C=O) groups is 1. The Morgan fingerprint density at radius 1 is 1.21 bits per heavy atom. The van der Waals surface area contributed by atoms with E-state index in [1.165, 1.54) is 17.7 Å². The Kier molecular flexibility index (Phi) is 7.09. The van der Waals surface area contributed by atoms with Crippen LogP contribution in [0.25, 0.3) is 0 Å². The molecule has 0 aromatic heterocycles. The van der Waals surface area contributed by atoms with Gasteiger partial charge in [0.05, 0.1) is 12.1 Å². The number of fused-ring (bicyclic) bond motifs is 1. The molecule has 1 unspecified atom stereocenters. The topological polar surface area (TPSA) is 65.0 Å². The summed E-state index contributed by atoms with van der Waals surface area (Å²) >= 11 is 5.73. The van der Waals surface area contributed by atoms with Crippen LogP contribution in [0.15, 0.2) is 48.5 Å². The Hall–Kier alpha value is -2.71. The summed E-state index contributed by atoms with van der Waals surface area (Å²) in [4.78, 5) is 15.8. The van der Waals surface area contributed by atoms with Crippen LogP contribution in [0.2, 0.25) is 0 Å². The van der Waals surface area contributed by atoms with E-state index in [4.69, 9.17) is 17.0 Å². The second kappa shape index (κ2) is 9.88. The Bertz CT molecular complexity index is 1030. The van der Waals surface area contributed by atoms with E-state index in [1.54, 1.807) is 17.0 Å². The number of ether oxygens (including phenoxy) is 1. The number of hydrogen-bond donors (Lipinski definition) is 2. The van der Waals surface area contributed by atoms with Crippen molar-refractivity contribution < 1.29 is 19.0 Å². The minimum absolute atomic E-state index is 0.0298. The summed E-state index contributed by atoms with van der Waals surface area (Å²) in [7, 11) is 0. The molecule has 2 aromatic rings. The molecule has 34 heavy (non-hydrogen) atoms. The quantitative estimate of drug-likeness (QED) is 0.641. The molecule has 1 fully saturated rings. The number of aliphatic hydroxyl groups excluding tert-OH is 1. The summed E-state index contributed by atoms with van der Waals surface area (Å²) in [5.41, 5.74) is 2.83. The third-order valence-electron chi connectivity index (χ3n) is 6.30. The van der Waals surface area contributed by atoms with Gasteiger partial charge in [0.25, 0.3) is 0 Å². The monoisotopic (exact) mass is 485 g/mol. The second-order valence-corrected chi connectivity index (χ2v) is 10.4. The number of thiocarbonyl (C=S) groups is 1. The molecule has 2 aliphatic rings. The highest BCUT2D eigenvalue weighted by atomic mass is 32.1. The van der Waals surface area contributed by atoms with E-state index in [9.17, 15) is 14.3 Å². The maximum absolute atomic E-state index is 13.6. The molecule has 0 radical (unpaired) electrons. The van der Waals surface area contributed by atoms with E-state index in [0.717, 1.165) is 24.1 Å². The van der Waals surface area contributed by atoms with Gasteiger partial charge in [0.1, 0.15) is 11.4 Å². The van der Waals surface area contributed by atoms with Gasteiger partial charge in [-0.1, -0.05) is 36.4 Å². The number of nitrogens with zero attached hydrogens (tertiary/aromatic N) is 2. The van der Waals surface area contributed by atoms with E-state index >= 15 is 0 Å². The zero-order valence-electron chi connectivity index (χ0n) is 19.8. The van der Waals surface area contributed by atoms with Crippen molar-refractivity contribution in [2.24, 2.45) is 5.92 Å². The smallest absolute Gasteiger partial charge is 0.410 e. The zero-order chi connectivity index (χ0) is 24.5. The van der Waals surface area contributed by atoms with E-state index < -0.39 is 11.7 Å². The van der Waals surface area contributed by atoms with E-state index in [-0.39, 0.29) is 23.9 Å². The molecule has 0 bridgehead atoms. The Labute approximate surface area is 205 Å². The van der Waals surface area contributed by atoms with Crippen LogP contribution in [0.4, 0.5) is 9.18 Å². The highest BCUT2D eigenvalue weighted by Gasteiger charge is 2.38. The number of rotatable bonds is 4. The number of halogens is 1. The molecule has 6 nitrogen and oxygen atoms in total. The maximum Gasteiger partial charge on any atom is 0.410 e. The number of nitrogens with one attached hydrogen (secondary N) is 1. The van der Waals surface area contributed by atoms with Crippen molar-refractivity contribution >= 4 is 23.4 Å². The Morgan fingerprint density at radius 3 is 2.56 bits per heavy atom. The van der Waals surface area contributed by atoms with Crippen LogP contribution >= 0.6 is 12.2 Å². The molecular formula is C26H32FN3O3S. The third-order valence-corrected chi connectivity index (χ3v) is 6.68. The molecule has 182 valence electrons. The van der Waals surface area contributed by atoms with Gasteiger partial charge in [-0.3, -0.25) is 0 Å². The third kappa shape index (κ3) is 5.50. The van der Waals surface area contributed by atoms with Crippen molar-refractivity contribution in [3.63, 3.8) is 0 Å². The lowest BCUT2D eigenvalue weighted by molar-refractivity contribution is -0.0292. The van der Waals surface area contributed by atoms with E-state index in [1.807, 2.05) is 32.9 Å². The van der Waals surface area contributed by atoms with Gasteiger partial charge in [-0.25, -0.2) is 9.18 Å². The van der Waals surface area contributed by atoms with Gasteiger partial charge in [0.2, 0.25) is 0 Å². The minimum Gasteiger partial charge on any atom is -0.444 e. The van der Waals surface area contributed by atoms with Crippen LogP contribution < -0.4 is 5.32 Å². The second-order valence-electron chi connectivity index (χ2n) is 10.00. The van der Waals surface area contributed by atoms with Crippen LogP contribution in [0.3, 0.4) is 0 Å². The van der Waals surface area contributed by atoms with Crippen LogP contribution in [0.1, 0.15) is 43.5 Å². The highest BCUT2D eigenvalue weighted by molar-refractivity contribution is 7.80. The van der Waals surface area contributed by atoms with Gasteiger partial charge < -0.3 is 25.0 Å². The fraction of sp³-hybridized carbons (Fsp3) is 0.462. The number of amides is 1. The molecule has 8 heteroatoms. The van der Waals surface area contributed by atoms with E-state index in [0.29, 0.717) is 24.7 Å². The van der Waals surface area contributed by atoms with Crippen molar-refractivity contribution in [3.8, 4) is 0 Å². The molecule has 1 saturated heterocycles.